The highest BCUT2D eigenvalue weighted by Crippen LogP contribution is 2.29. The first-order chi connectivity index (χ1) is 26.1. The van der Waals surface area contributed by atoms with E-state index in [-0.39, 0.29) is 0 Å². The second-order valence-corrected chi connectivity index (χ2v) is 12.4. The summed E-state index contributed by atoms with van der Waals surface area (Å²) in [5, 5.41) is 4.51. The molecule has 54 heavy (non-hydrogen) atoms. The van der Waals surface area contributed by atoms with Crippen molar-refractivity contribution in [2.75, 3.05) is 23.3 Å². The Morgan fingerprint density at radius 3 is 1.72 bits per heavy atom. The summed E-state index contributed by atoms with van der Waals surface area (Å²) >= 11 is 0. The second-order valence-electron chi connectivity index (χ2n) is 12.4. The Labute approximate surface area is 332 Å². The van der Waals surface area contributed by atoms with Crippen LogP contribution in [0.25, 0.3) is 17.0 Å². The first-order valence-corrected chi connectivity index (χ1v) is 20.1. The van der Waals surface area contributed by atoms with Crippen molar-refractivity contribution in [3.63, 3.8) is 0 Å². The minimum absolute atomic E-state index is 0.801. The maximum absolute atomic E-state index is 4.51. The number of hydrogen-bond donors (Lipinski definition) is 1. The fourth-order valence-electron chi connectivity index (χ4n) is 4.39. The van der Waals surface area contributed by atoms with Crippen LogP contribution in [0, 0.1) is 33.6 Å². The maximum atomic E-state index is 4.51. The zero-order valence-corrected chi connectivity index (χ0v) is 36.6. The number of benzene rings is 2. The van der Waals surface area contributed by atoms with Crippen LogP contribution in [0.4, 0.5) is 17.2 Å². The van der Waals surface area contributed by atoms with E-state index < -0.39 is 0 Å². The lowest BCUT2D eigenvalue weighted by Gasteiger charge is -2.24. The summed E-state index contributed by atoms with van der Waals surface area (Å²) in [4.78, 5) is 15.4. The first-order valence-electron chi connectivity index (χ1n) is 20.1. The average molecular weight is 734 g/mol. The fraction of sp³-hybridized carbons (Fsp3) is 0.408. The van der Waals surface area contributed by atoms with E-state index >= 15 is 0 Å². The lowest BCUT2D eigenvalue weighted by atomic mass is 10.1. The zero-order valence-electron chi connectivity index (χ0n) is 36.6. The molecule has 0 atom stereocenters. The Morgan fingerprint density at radius 2 is 1.28 bits per heavy atom. The highest BCUT2D eigenvalue weighted by Gasteiger charge is 2.09. The van der Waals surface area contributed by atoms with E-state index in [0.717, 1.165) is 65.5 Å². The molecule has 0 aliphatic heterocycles. The third kappa shape index (κ3) is 22.3. The number of nitrogens with zero attached hydrogens (tertiary/aromatic N) is 4. The number of rotatable bonds is 10. The SMILES string of the molecule is C=CCCN(CCC)c1ccc2nccc(Nc3ccc(C=C)cn3)c2c1.CC.CC.CC.CCC(C)C.Cc1ccc(C)cc1.Cc1ccnc(C)c1. The van der Waals surface area contributed by atoms with Gasteiger partial charge in [0.25, 0.3) is 0 Å². The molecule has 5 aromatic rings. The van der Waals surface area contributed by atoms with Gasteiger partial charge in [0.2, 0.25) is 0 Å². The van der Waals surface area contributed by atoms with E-state index in [4.69, 9.17) is 0 Å². The summed E-state index contributed by atoms with van der Waals surface area (Å²) in [5.74, 6) is 1.69. The summed E-state index contributed by atoms with van der Waals surface area (Å²) in [6.07, 6.45) is 12.6. The minimum atomic E-state index is 0.801. The number of nitrogens with one attached hydrogen (secondary N) is 1. The Morgan fingerprint density at radius 1 is 0.685 bits per heavy atom. The average Bonchev–Trinajstić information content (AvgIpc) is 3.21. The second kappa shape index (κ2) is 32.8. The topological polar surface area (TPSA) is 53.9 Å². The molecule has 2 aromatic carbocycles. The fourth-order valence-corrected chi connectivity index (χ4v) is 4.39. The number of aryl methyl sites for hydroxylation is 4. The van der Waals surface area contributed by atoms with E-state index in [1.165, 1.54) is 28.8 Å². The summed E-state index contributed by atoms with van der Waals surface area (Å²) in [6, 6.07) is 24.9. The van der Waals surface area contributed by atoms with Crippen LogP contribution < -0.4 is 10.2 Å². The van der Waals surface area contributed by atoms with Crippen LogP contribution in [0.3, 0.4) is 0 Å². The molecule has 5 rings (SSSR count). The first kappa shape index (κ1) is 51.3. The van der Waals surface area contributed by atoms with Gasteiger partial charge in [-0.05, 0) is 106 Å². The van der Waals surface area contributed by atoms with Crippen molar-refractivity contribution in [3.8, 4) is 0 Å². The molecule has 0 unspecified atom stereocenters. The predicted molar refractivity (Wildman–Crippen MR) is 245 cm³/mol. The predicted octanol–water partition coefficient (Wildman–Crippen LogP) is 14.9. The number of fused-ring (bicyclic) bond motifs is 1. The van der Waals surface area contributed by atoms with Gasteiger partial charge in [0.1, 0.15) is 5.82 Å². The van der Waals surface area contributed by atoms with Crippen LogP contribution in [0.1, 0.15) is 116 Å². The molecule has 0 fully saturated rings. The van der Waals surface area contributed by atoms with E-state index in [9.17, 15) is 0 Å². The third-order valence-electron chi connectivity index (χ3n) is 7.56. The molecule has 296 valence electrons. The van der Waals surface area contributed by atoms with Gasteiger partial charge in [-0.25, -0.2) is 4.98 Å². The normalized spacial score (nSPS) is 9.24. The van der Waals surface area contributed by atoms with Crippen molar-refractivity contribution < 1.29 is 0 Å². The van der Waals surface area contributed by atoms with Gasteiger partial charge in [0.05, 0.1) is 11.2 Å². The Hall–Kier alpha value is -4.77. The van der Waals surface area contributed by atoms with Crippen LogP contribution in [0.2, 0.25) is 0 Å². The molecule has 1 N–H and O–H groups in total. The highest BCUT2D eigenvalue weighted by molar-refractivity contribution is 5.94. The zero-order chi connectivity index (χ0) is 41.3. The molecule has 0 saturated carbocycles. The summed E-state index contributed by atoms with van der Waals surface area (Å²) < 4.78 is 0. The summed E-state index contributed by atoms with van der Waals surface area (Å²) in [5.41, 5.74) is 9.19. The van der Waals surface area contributed by atoms with Gasteiger partial charge in [0, 0.05) is 48.4 Å². The van der Waals surface area contributed by atoms with Crippen molar-refractivity contribution in [3.05, 3.63) is 139 Å². The Bertz CT molecular complexity index is 1600. The van der Waals surface area contributed by atoms with Crippen molar-refractivity contribution in [2.24, 2.45) is 5.92 Å². The third-order valence-corrected chi connectivity index (χ3v) is 7.56. The number of aromatic nitrogens is 3. The van der Waals surface area contributed by atoms with Gasteiger partial charge in [-0.2, -0.15) is 0 Å². The van der Waals surface area contributed by atoms with Gasteiger partial charge >= 0.3 is 0 Å². The van der Waals surface area contributed by atoms with Crippen molar-refractivity contribution >= 4 is 34.2 Å². The molecule has 0 amide bonds. The molecule has 0 aliphatic rings. The van der Waals surface area contributed by atoms with E-state index in [1.54, 1.807) is 6.08 Å². The smallest absolute Gasteiger partial charge is 0.130 e. The molecule has 0 bridgehead atoms. The maximum Gasteiger partial charge on any atom is 0.130 e. The van der Waals surface area contributed by atoms with Crippen molar-refractivity contribution in [1.29, 1.82) is 0 Å². The van der Waals surface area contributed by atoms with Crippen LogP contribution in [-0.4, -0.2) is 28.0 Å². The monoisotopic (exact) mass is 734 g/mol. The van der Waals surface area contributed by atoms with E-state index in [2.05, 4.69) is 135 Å². The number of hydrogen-bond acceptors (Lipinski definition) is 5. The molecule has 0 aliphatic carbocycles. The van der Waals surface area contributed by atoms with Crippen LogP contribution >= 0.6 is 0 Å². The minimum Gasteiger partial charge on any atom is -0.371 e. The largest absolute Gasteiger partial charge is 0.371 e. The standard InChI is InChI=1S/C23H26N4.C8H10.C7H9N.C5H12.3C2H6/c1-4-7-15-27(14-5-2)19-9-10-21-20(16-19)22(12-13-24-21)26-23-11-8-18(6-3)17-25-23;1-7-3-5-8(2)6-4-7;1-6-3-4-8-7(2)5-6;1-4-5(2)3;3*1-2/h4,6,8-13,16-17H,1,3,5,7,14-15H2,2H3,(H,24,25,26);3-6H,1-2H3;3-5H,1-2H3;5H,4H2,1-3H3;3*1-2H3. The molecule has 5 heteroatoms. The van der Waals surface area contributed by atoms with Crippen molar-refractivity contribution in [1.82, 2.24) is 15.0 Å². The van der Waals surface area contributed by atoms with Gasteiger partial charge in [-0.3, -0.25) is 9.97 Å². The van der Waals surface area contributed by atoms with E-state index in [1.807, 2.05) is 97.4 Å². The molecule has 0 saturated heterocycles. The molecular weight excluding hydrogens is 659 g/mol. The number of pyridine rings is 3. The number of anilines is 3. The quantitative estimate of drug-likeness (QED) is 0.145. The van der Waals surface area contributed by atoms with Crippen molar-refractivity contribution in [2.45, 2.75) is 116 Å². The van der Waals surface area contributed by atoms with Gasteiger partial charge in [-0.15, -0.1) is 6.58 Å². The summed E-state index contributed by atoms with van der Waals surface area (Å²) in [7, 11) is 0. The molecule has 0 spiro atoms. The Balaban J connectivity index is 0. The Kier molecular flexibility index (Phi) is 31.2. The molecule has 3 heterocycles. The molecule has 3 aromatic heterocycles. The lowest BCUT2D eigenvalue weighted by Crippen LogP contribution is -2.24. The lowest BCUT2D eigenvalue weighted by molar-refractivity contribution is 0.626. The van der Waals surface area contributed by atoms with Crippen LogP contribution in [-0.2, 0) is 0 Å². The van der Waals surface area contributed by atoms with Gasteiger partial charge in [0.15, 0.2) is 0 Å². The van der Waals surface area contributed by atoms with Gasteiger partial charge < -0.3 is 10.2 Å². The molecule has 0 radical (unpaired) electrons. The van der Waals surface area contributed by atoms with E-state index in [0.29, 0.717) is 0 Å². The summed E-state index contributed by atoms with van der Waals surface area (Å²) in [6.45, 7) is 38.7. The molecule has 5 nitrogen and oxygen atoms in total. The van der Waals surface area contributed by atoms with Gasteiger partial charge in [-0.1, -0.05) is 130 Å². The molecular formula is C49H75N5. The van der Waals surface area contributed by atoms with Crippen LogP contribution in [0.5, 0.6) is 0 Å². The van der Waals surface area contributed by atoms with Crippen LogP contribution in [0.15, 0.2) is 111 Å². The highest BCUT2D eigenvalue weighted by atomic mass is 15.1.